The van der Waals surface area contributed by atoms with Gasteiger partial charge in [-0.05, 0) is 36.8 Å². The molecule has 1 aromatic heterocycles. The zero-order chi connectivity index (χ0) is 21.6. The molecular formula is C27H27F2N2+. The van der Waals surface area contributed by atoms with Crippen LogP contribution in [0.15, 0.2) is 91.1 Å². The SMILES string of the molecule is Cc1cccc(Cn2cccc2C[NH+](Cc2ccccc2)Cc2ccc(F)c(F)c2)c1. The molecule has 1 N–H and O–H groups in total. The molecule has 4 aromatic rings. The number of rotatable bonds is 8. The first-order chi connectivity index (χ1) is 15.1. The molecule has 0 aliphatic heterocycles. The third kappa shape index (κ3) is 5.68. The Hall–Kier alpha value is -3.24. The standard InChI is InChI=1S/C27H26F2N2/c1-21-7-5-10-23(15-21)19-31-14-6-11-25(31)20-30(17-22-8-3-2-4-9-22)18-24-12-13-26(28)27(29)16-24/h2-16H,17-20H2,1H3/p+1. The number of hydrogen-bond acceptors (Lipinski definition) is 0. The van der Waals surface area contributed by atoms with Gasteiger partial charge in [0.25, 0.3) is 0 Å². The Morgan fingerprint density at radius 3 is 2.23 bits per heavy atom. The fraction of sp³-hybridized carbons (Fsp3) is 0.185. The molecule has 4 rings (SSSR count). The Balaban J connectivity index is 1.56. The summed E-state index contributed by atoms with van der Waals surface area (Å²) >= 11 is 0. The van der Waals surface area contributed by atoms with Crippen LogP contribution in [0.4, 0.5) is 8.78 Å². The van der Waals surface area contributed by atoms with Gasteiger partial charge in [0, 0.05) is 23.9 Å². The van der Waals surface area contributed by atoms with Crippen molar-refractivity contribution in [3.05, 3.63) is 131 Å². The normalized spacial score (nSPS) is 12.1. The van der Waals surface area contributed by atoms with Crippen molar-refractivity contribution in [2.45, 2.75) is 33.1 Å². The molecule has 0 saturated carbocycles. The summed E-state index contributed by atoms with van der Waals surface area (Å²) in [4.78, 5) is 1.27. The number of aromatic nitrogens is 1. The number of halogens is 2. The van der Waals surface area contributed by atoms with Crippen LogP contribution in [0.5, 0.6) is 0 Å². The fourth-order valence-electron chi connectivity index (χ4n) is 4.04. The van der Waals surface area contributed by atoms with Gasteiger partial charge < -0.3 is 9.47 Å². The van der Waals surface area contributed by atoms with E-state index in [0.29, 0.717) is 6.54 Å². The van der Waals surface area contributed by atoms with E-state index >= 15 is 0 Å². The molecule has 0 fully saturated rings. The highest BCUT2D eigenvalue weighted by atomic mass is 19.2. The Morgan fingerprint density at radius 2 is 1.45 bits per heavy atom. The maximum Gasteiger partial charge on any atom is 0.159 e. The van der Waals surface area contributed by atoms with Crippen LogP contribution < -0.4 is 4.90 Å². The highest BCUT2D eigenvalue weighted by Crippen LogP contribution is 2.11. The molecule has 2 nitrogen and oxygen atoms in total. The molecule has 0 saturated heterocycles. The highest BCUT2D eigenvalue weighted by Gasteiger charge is 2.16. The van der Waals surface area contributed by atoms with Gasteiger partial charge in [-0.15, -0.1) is 0 Å². The molecule has 3 aromatic carbocycles. The Labute approximate surface area is 182 Å². The van der Waals surface area contributed by atoms with Gasteiger partial charge in [0.15, 0.2) is 11.6 Å². The molecule has 0 aliphatic carbocycles. The largest absolute Gasteiger partial charge is 0.342 e. The Morgan fingerprint density at radius 1 is 0.677 bits per heavy atom. The molecule has 4 heteroatoms. The van der Waals surface area contributed by atoms with E-state index in [2.05, 4.69) is 66.2 Å². The molecule has 0 amide bonds. The van der Waals surface area contributed by atoms with Crippen molar-refractivity contribution in [3.8, 4) is 0 Å². The van der Waals surface area contributed by atoms with Gasteiger partial charge in [-0.3, -0.25) is 0 Å². The van der Waals surface area contributed by atoms with Crippen molar-refractivity contribution < 1.29 is 13.7 Å². The minimum absolute atomic E-state index is 0.613. The van der Waals surface area contributed by atoms with Crippen LogP contribution in [0.2, 0.25) is 0 Å². The zero-order valence-corrected chi connectivity index (χ0v) is 17.7. The van der Waals surface area contributed by atoms with Gasteiger partial charge >= 0.3 is 0 Å². The number of nitrogens with zero attached hydrogens (tertiary/aromatic N) is 1. The number of hydrogen-bond donors (Lipinski definition) is 1. The Kier molecular flexibility index (Phi) is 6.58. The molecule has 1 unspecified atom stereocenters. The van der Waals surface area contributed by atoms with Crippen LogP contribution in [-0.2, 0) is 26.2 Å². The van der Waals surface area contributed by atoms with Crippen molar-refractivity contribution in [3.63, 3.8) is 0 Å². The molecular weight excluding hydrogens is 390 g/mol. The lowest BCUT2D eigenvalue weighted by molar-refractivity contribution is -0.941. The molecule has 0 aliphatic rings. The number of nitrogens with one attached hydrogen (secondary N) is 1. The van der Waals surface area contributed by atoms with Crippen LogP contribution in [0.25, 0.3) is 0 Å². The summed E-state index contributed by atoms with van der Waals surface area (Å²) in [6.07, 6.45) is 2.11. The van der Waals surface area contributed by atoms with Crippen LogP contribution in [0.3, 0.4) is 0 Å². The molecule has 1 heterocycles. The average molecular weight is 418 g/mol. The van der Waals surface area contributed by atoms with Crippen LogP contribution in [0, 0.1) is 18.6 Å². The third-order valence-electron chi connectivity index (χ3n) is 5.53. The topological polar surface area (TPSA) is 9.37 Å². The second-order valence-electron chi connectivity index (χ2n) is 8.13. The minimum atomic E-state index is -0.805. The van der Waals surface area contributed by atoms with Gasteiger partial charge in [0.2, 0.25) is 0 Å². The summed E-state index contributed by atoms with van der Waals surface area (Å²) in [5, 5.41) is 0. The van der Waals surface area contributed by atoms with E-state index in [1.165, 1.54) is 39.4 Å². The lowest BCUT2D eigenvalue weighted by atomic mass is 10.1. The predicted molar refractivity (Wildman–Crippen MR) is 120 cm³/mol. The lowest BCUT2D eigenvalue weighted by Crippen LogP contribution is -3.08. The first-order valence-electron chi connectivity index (χ1n) is 10.6. The van der Waals surface area contributed by atoms with E-state index in [4.69, 9.17) is 0 Å². The summed E-state index contributed by atoms with van der Waals surface area (Å²) < 4.78 is 29.4. The van der Waals surface area contributed by atoms with Crippen LogP contribution in [0.1, 0.15) is 27.9 Å². The second kappa shape index (κ2) is 9.71. The maximum absolute atomic E-state index is 13.8. The minimum Gasteiger partial charge on any atom is -0.342 e. The summed E-state index contributed by atoms with van der Waals surface area (Å²) in [5.41, 5.74) is 5.75. The summed E-state index contributed by atoms with van der Waals surface area (Å²) in [6.45, 7) is 5.12. The van der Waals surface area contributed by atoms with E-state index in [1.807, 2.05) is 18.2 Å². The molecule has 0 radical (unpaired) electrons. The Bertz CT molecular complexity index is 1130. The van der Waals surface area contributed by atoms with E-state index in [9.17, 15) is 8.78 Å². The van der Waals surface area contributed by atoms with Crippen LogP contribution in [-0.4, -0.2) is 4.57 Å². The van der Waals surface area contributed by atoms with Crippen molar-refractivity contribution in [2.24, 2.45) is 0 Å². The summed E-state index contributed by atoms with van der Waals surface area (Å²) in [7, 11) is 0. The van der Waals surface area contributed by atoms with E-state index in [1.54, 1.807) is 6.07 Å². The van der Waals surface area contributed by atoms with Crippen molar-refractivity contribution >= 4 is 0 Å². The third-order valence-corrected chi connectivity index (χ3v) is 5.53. The van der Waals surface area contributed by atoms with Crippen LogP contribution >= 0.6 is 0 Å². The van der Waals surface area contributed by atoms with Gasteiger partial charge in [-0.2, -0.15) is 0 Å². The fourth-order valence-corrected chi connectivity index (χ4v) is 4.04. The van der Waals surface area contributed by atoms with Gasteiger partial charge in [-0.1, -0.05) is 66.2 Å². The smallest absolute Gasteiger partial charge is 0.159 e. The highest BCUT2D eigenvalue weighted by molar-refractivity contribution is 5.23. The van der Waals surface area contributed by atoms with Crippen molar-refractivity contribution in [1.82, 2.24) is 4.57 Å². The number of quaternary nitrogens is 1. The van der Waals surface area contributed by atoms with Gasteiger partial charge in [-0.25, -0.2) is 8.78 Å². The first kappa shape index (κ1) is 21.0. The predicted octanol–water partition coefficient (Wildman–Crippen LogP) is 4.91. The molecule has 1 atom stereocenters. The van der Waals surface area contributed by atoms with Gasteiger partial charge in [0.05, 0.1) is 5.69 Å². The van der Waals surface area contributed by atoms with Crippen molar-refractivity contribution in [1.29, 1.82) is 0 Å². The maximum atomic E-state index is 13.8. The molecule has 0 bridgehead atoms. The molecule has 0 spiro atoms. The lowest BCUT2D eigenvalue weighted by Gasteiger charge is -2.21. The second-order valence-corrected chi connectivity index (χ2v) is 8.13. The number of benzene rings is 3. The van der Waals surface area contributed by atoms with E-state index in [0.717, 1.165) is 25.2 Å². The van der Waals surface area contributed by atoms with E-state index in [-0.39, 0.29) is 0 Å². The quantitative estimate of drug-likeness (QED) is 0.417. The van der Waals surface area contributed by atoms with Crippen molar-refractivity contribution in [2.75, 3.05) is 0 Å². The summed E-state index contributed by atoms with van der Waals surface area (Å²) in [6, 6.07) is 27.3. The zero-order valence-electron chi connectivity index (χ0n) is 17.7. The van der Waals surface area contributed by atoms with E-state index < -0.39 is 11.6 Å². The number of aryl methyl sites for hydroxylation is 1. The first-order valence-corrected chi connectivity index (χ1v) is 10.6. The summed E-state index contributed by atoms with van der Waals surface area (Å²) in [5.74, 6) is -1.60. The monoisotopic (exact) mass is 417 g/mol. The molecule has 158 valence electrons. The molecule has 31 heavy (non-hydrogen) atoms. The van der Waals surface area contributed by atoms with Gasteiger partial charge in [0.1, 0.15) is 19.6 Å². The average Bonchev–Trinajstić information content (AvgIpc) is 3.18.